The van der Waals surface area contributed by atoms with Crippen LogP contribution in [0, 0.1) is 26.9 Å². The molecule has 142 valence electrons. The number of hydrogen-bond donors (Lipinski definition) is 1. The van der Waals surface area contributed by atoms with Crippen molar-refractivity contribution in [1.29, 1.82) is 0 Å². The Labute approximate surface area is 161 Å². The third-order valence-corrected chi connectivity index (χ3v) is 8.20. The van der Waals surface area contributed by atoms with Crippen LogP contribution in [-0.2, 0) is 14.8 Å². The van der Waals surface area contributed by atoms with Gasteiger partial charge in [-0.25, -0.2) is 8.42 Å². The van der Waals surface area contributed by atoms with E-state index in [1.54, 1.807) is 0 Å². The highest BCUT2D eigenvalue weighted by Crippen LogP contribution is 2.64. The van der Waals surface area contributed by atoms with E-state index in [-0.39, 0.29) is 27.4 Å². The van der Waals surface area contributed by atoms with E-state index in [0.717, 1.165) is 18.6 Å². The van der Waals surface area contributed by atoms with Gasteiger partial charge < -0.3 is 0 Å². The molecule has 1 aromatic carbocycles. The lowest BCUT2D eigenvalue weighted by Crippen LogP contribution is -2.43. The fraction of sp³-hybridized carbons (Fsp3) is 0.562. The van der Waals surface area contributed by atoms with Crippen molar-refractivity contribution in [2.75, 3.05) is 10.5 Å². The Morgan fingerprint density at radius 3 is 2.42 bits per heavy atom. The molecule has 0 aliphatic heterocycles. The number of nitro benzene ring substituents is 1. The lowest BCUT2D eigenvalue weighted by atomic mass is 9.70. The molecule has 7 nitrogen and oxygen atoms in total. The Bertz CT molecular complexity index is 915. The summed E-state index contributed by atoms with van der Waals surface area (Å²) in [6, 6.07) is 2.10. The molecular weight excluding hydrogens is 403 g/mol. The first-order chi connectivity index (χ1) is 11.9. The first-order valence-electron chi connectivity index (χ1n) is 8.07. The molecule has 0 unspecified atom stereocenters. The molecule has 2 bridgehead atoms. The van der Waals surface area contributed by atoms with Gasteiger partial charge in [0, 0.05) is 12.5 Å². The largest absolute Gasteiger partial charge is 0.299 e. The molecule has 3 rings (SSSR count). The Kier molecular flexibility index (Phi) is 4.53. The van der Waals surface area contributed by atoms with Crippen molar-refractivity contribution in [2.24, 2.45) is 16.7 Å². The fourth-order valence-electron chi connectivity index (χ4n) is 4.41. The zero-order chi connectivity index (χ0) is 19.5. The summed E-state index contributed by atoms with van der Waals surface area (Å²) >= 11 is 11.7. The topological polar surface area (TPSA) is 106 Å². The maximum absolute atomic E-state index is 12.8. The van der Waals surface area contributed by atoms with Gasteiger partial charge in [0.1, 0.15) is 11.5 Å². The molecule has 0 spiro atoms. The second-order valence-corrected chi connectivity index (χ2v) is 10.1. The van der Waals surface area contributed by atoms with Crippen LogP contribution in [-0.4, -0.2) is 24.9 Å². The van der Waals surface area contributed by atoms with Crippen molar-refractivity contribution in [3.63, 3.8) is 0 Å². The zero-order valence-corrected chi connectivity index (χ0v) is 16.5. The SMILES string of the molecule is CC1(C)[C@H]2CC[C@@]1(CS(=O)(=O)Nc1cc(Cl)c(Cl)cc1[N+](=O)[O-])C(=O)C2. The Morgan fingerprint density at radius 1 is 1.31 bits per heavy atom. The van der Waals surface area contributed by atoms with E-state index in [1.807, 2.05) is 13.8 Å². The van der Waals surface area contributed by atoms with Crippen LogP contribution in [0.15, 0.2) is 12.1 Å². The van der Waals surface area contributed by atoms with Gasteiger partial charge in [-0.05, 0) is 30.2 Å². The number of hydrogen-bond acceptors (Lipinski definition) is 5. The number of fused-ring (bicyclic) bond motifs is 2. The van der Waals surface area contributed by atoms with Gasteiger partial charge in [-0.2, -0.15) is 0 Å². The maximum atomic E-state index is 12.8. The Balaban J connectivity index is 1.95. The second kappa shape index (κ2) is 6.07. The van der Waals surface area contributed by atoms with Crippen LogP contribution in [0.3, 0.4) is 0 Å². The van der Waals surface area contributed by atoms with Gasteiger partial charge in [0.05, 0.1) is 26.1 Å². The summed E-state index contributed by atoms with van der Waals surface area (Å²) in [5.74, 6) is -0.281. The molecule has 2 atom stereocenters. The molecule has 2 aliphatic rings. The predicted octanol–water partition coefficient (Wildman–Crippen LogP) is 4.04. The van der Waals surface area contributed by atoms with Crippen LogP contribution in [0.5, 0.6) is 0 Å². The Hall–Kier alpha value is -1.38. The zero-order valence-electron chi connectivity index (χ0n) is 14.2. The number of nitrogens with zero attached hydrogens (tertiary/aromatic N) is 1. The summed E-state index contributed by atoms with van der Waals surface area (Å²) in [4.78, 5) is 23.0. The van der Waals surface area contributed by atoms with Crippen LogP contribution in [0.2, 0.25) is 10.0 Å². The third kappa shape index (κ3) is 2.88. The molecule has 2 fully saturated rings. The summed E-state index contributed by atoms with van der Waals surface area (Å²) in [5.41, 5.74) is -2.16. The third-order valence-electron chi connectivity index (χ3n) is 6.08. The molecule has 1 aromatic rings. The standard InChI is InChI=1S/C16H18Cl2N2O5S/c1-15(2)9-3-4-16(15,14(21)5-9)8-26(24,25)19-12-6-10(17)11(18)7-13(12)20(22)23/h6-7,9,19H,3-5,8H2,1-2H3/t9-,16+/m0/s1. The number of Topliss-reactive ketones (excluding diaryl/α,β-unsaturated/α-hetero) is 1. The van der Waals surface area contributed by atoms with Gasteiger partial charge in [-0.3, -0.25) is 19.6 Å². The van der Waals surface area contributed by atoms with Crippen molar-refractivity contribution in [1.82, 2.24) is 0 Å². The normalized spacial score (nSPS) is 26.9. The van der Waals surface area contributed by atoms with Gasteiger partial charge in [-0.15, -0.1) is 0 Å². The van der Waals surface area contributed by atoms with Crippen LogP contribution < -0.4 is 4.72 Å². The molecular formula is C16H18Cl2N2O5S. The van der Waals surface area contributed by atoms with Crippen LogP contribution in [0.4, 0.5) is 11.4 Å². The predicted molar refractivity (Wildman–Crippen MR) is 99.1 cm³/mol. The Morgan fingerprint density at radius 2 is 1.92 bits per heavy atom. The monoisotopic (exact) mass is 420 g/mol. The van der Waals surface area contributed by atoms with Crippen molar-refractivity contribution in [2.45, 2.75) is 33.1 Å². The van der Waals surface area contributed by atoms with Gasteiger partial charge in [-0.1, -0.05) is 37.0 Å². The maximum Gasteiger partial charge on any atom is 0.294 e. The summed E-state index contributed by atoms with van der Waals surface area (Å²) in [5, 5.41) is 11.2. The van der Waals surface area contributed by atoms with E-state index in [0.29, 0.717) is 12.8 Å². The number of rotatable bonds is 5. The number of ketones is 1. The first kappa shape index (κ1) is 19.4. The molecule has 0 aromatic heterocycles. The average Bonchev–Trinajstić information content (AvgIpc) is 2.83. The number of carbonyl (C=O) groups is 1. The van der Waals surface area contributed by atoms with E-state index in [9.17, 15) is 23.3 Å². The minimum absolute atomic E-state index is 0.00803. The first-order valence-corrected chi connectivity index (χ1v) is 10.5. The van der Waals surface area contributed by atoms with E-state index in [2.05, 4.69) is 4.72 Å². The minimum Gasteiger partial charge on any atom is -0.299 e. The molecule has 0 heterocycles. The second-order valence-electron chi connectivity index (χ2n) is 7.57. The van der Waals surface area contributed by atoms with E-state index >= 15 is 0 Å². The molecule has 2 saturated carbocycles. The molecule has 0 radical (unpaired) electrons. The van der Waals surface area contributed by atoms with Crippen molar-refractivity contribution in [3.05, 3.63) is 32.3 Å². The number of nitrogens with one attached hydrogen (secondary N) is 1. The van der Waals surface area contributed by atoms with Crippen LogP contribution in [0.1, 0.15) is 33.1 Å². The molecule has 26 heavy (non-hydrogen) atoms. The molecule has 0 saturated heterocycles. The number of halogens is 2. The van der Waals surface area contributed by atoms with Gasteiger partial charge >= 0.3 is 0 Å². The van der Waals surface area contributed by atoms with Crippen molar-refractivity contribution >= 4 is 50.4 Å². The van der Waals surface area contributed by atoms with E-state index in [1.165, 1.54) is 0 Å². The van der Waals surface area contributed by atoms with Crippen molar-refractivity contribution in [3.8, 4) is 0 Å². The molecule has 10 heteroatoms. The summed E-state index contributed by atoms with van der Waals surface area (Å²) in [7, 11) is -4.03. The lowest BCUT2D eigenvalue weighted by molar-refractivity contribution is -0.383. The van der Waals surface area contributed by atoms with Crippen LogP contribution in [0.25, 0.3) is 0 Å². The summed E-state index contributed by atoms with van der Waals surface area (Å²) in [6.45, 7) is 3.85. The summed E-state index contributed by atoms with van der Waals surface area (Å²) in [6.07, 6.45) is 1.70. The number of benzene rings is 1. The lowest BCUT2D eigenvalue weighted by Gasteiger charge is -2.36. The number of sulfonamides is 1. The fourth-order valence-corrected chi connectivity index (χ4v) is 6.62. The highest BCUT2D eigenvalue weighted by molar-refractivity contribution is 7.92. The van der Waals surface area contributed by atoms with Gasteiger partial charge in [0.25, 0.3) is 5.69 Å². The number of carbonyl (C=O) groups excluding carboxylic acids is 1. The number of nitro groups is 1. The van der Waals surface area contributed by atoms with Crippen LogP contribution >= 0.6 is 23.2 Å². The number of anilines is 1. The summed E-state index contributed by atoms with van der Waals surface area (Å²) < 4.78 is 27.8. The molecule has 1 N–H and O–H groups in total. The molecule has 2 aliphatic carbocycles. The minimum atomic E-state index is -4.03. The van der Waals surface area contributed by atoms with E-state index in [4.69, 9.17) is 23.2 Å². The van der Waals surface area contributed by atoms with E-state index < -0.39 is 37.2 Å². The van der Waals surface area contributed by atoms with Gasteiger partial charge in [0.15, 0.2) is 0 Å². The average molecular weight is 421 g/mol. The molecule has 0 amide bonds. The quantitative estimate of drug-likeness (QED) is 0.571. The van der Waals surface area contributed by atoms with Gasteiger partial charge in [0.2, 0.25) is 10.0 Å². The smallest absolute Gasteiger partial charge is 0.294 e. The highest BCUT2D eigenvalue weighted by Gasteiger charge is 2.65. The van der Waals surface area contributed by atoms with Crippen molar-refractivity contribution < 1.29 is 18.1 Å². The highest BCUT2D eigenvalue weighted by atomic mass is 35.5.